The summed E-state index contributed by atoms with van der Waals surface area (Å²) in [5.74, 6) is 0.866. The van der Waals surface area contributed by atoms with E-state index in [-0.39, 0.29) is 23.8 Å². The predicted molar refractivity (Wildman–Crippen MR) is 106 cm³/mol. The number of carbonyl (C=O) groups excluding carboxylic acids is 2. The zero-order valence-corrected chi connectivity index (χ0v) is 16.2. The number of rotatable bonds is 5. The van der Waals surface area contributed by atoms with Gasteiger partial charge in [-0.2, -0.15) is 0 Å². The Morgan fingerprint density at radius 3 is 2.38 bits per heavy atom. The molecular formula is C21H31N3O2. The SMILES string of the molecule is CC1CCN(c2ccc(NC(=O)C3CCC3)cc2C(=O)NC(C)C)CC1. The highest BCUT2D eigenvalue weighted by Gasteiger charge is 2.26. The van der Waals surface area contributed by atoms with E-state index in [1.165, 1.54) is 0 Å². The number of carbonyl (C=O) groups is 2. The fourth-order valence-corrected chi connectivity index (χ4v) is 3.58. The lowest BCUT2D eigenvalue weighted by Gasteiger charge is -2.33. The number of nitrogens with one attached hydrogen (secondary N) is 2. The van der Waals surface area contributed by atoms with Crippen molar-refractivity contribution in [3.05, 3.63) is 23.8 Å². The van der Waals surface area contributed by atoms with E-state index in [0.29, 0.717) is 11.3 Å². The van der Waals surface area contributed by atoms with E-state index < -0.39 is 0 Å². The molecule has 0 unspecified atom stereocenters. The molecule has 0 radical (unpaired) electrons. The fraction of sp³-hybridized carbons (Fsp3) is 0.619. The molecule has 2 N–H and O–H groups in total. The molecule has 1 saturated heterocycles. The minimum atomic E-state index is -0.0756. The summed E-state index contributed by atoms with van der Waals surface area (Å²) < 4.78 is 0. The molecule has 3 rings (SSSR count). The Balaban J connectivity index is 1.82. The van der Waals surface area contributed by atoms with Crippen LogP contribution in [0.3, 0.4) is 0 Å². The molecule has 5 nitrogen and oxygen atoms in total. The molecule has 142 valence electrons. The lowest BCUT2D eigenvalue weighted by Crippen LogP contribution is -2.36. The van der Waals surface area contributed by atoms with Crippen molar-refractivity contribution in [2.45, 2.75) is 58.9 Å². The number of amides is 2. The van der Waals surface area contributed by atoms with Crippen LogP contribution in [-0.4, -0.2) is 30.9 Å². The molecule has 1 aromatic carbocycles. The molecule has 1 heterocycles. The number of hydrogen-bond donors (Lipinski definition) is 2. The third-order valence-electron chi connectivity index (χ3n) is 5.53. The molecule has 5 heteroatoms. The van der Waals surface area contributed by atoms with Crippen LogP contribution in [0.2, 0.25) is 0 Å². The maximum atomic E-state index is 12.8. The second kappa shape index (κ2) is 8.11. The number of piperidine rings is 1. The second-order valence-corrected chi connectivity index (χ2v) is 8.15. The first-order valence-electron chi connectivity index (χ1n) is 9.94. The standard InChI is InChI=1S/C21H31N3O2/c1-14(2)22-21(26)18-13-17(23-20(25)16-5-4-6-16)7-8-19(18)24-11-9-15(3)10-12-24/h7-8,13-16H,4-6,9-12H2,1-3H3,(H,22,26)(H,23,25). The van der Waals surface area contributed by atoms with E-state index in [9.17, 15) is 9.59 Å². The Kier molecular flexibility index (Phi) is 5.84. The average Bonchev–Trinajstić information content (AvgIpc) is 2.53. The quantitative estimate of drug-likeness (QED) is 0.842. The third-order valence-corrected chi connectivity index (χ3v) is 5.53. The second-order valence-electron chi connectivity index (χ2n) is 8.15. The van der Waals surface area contributed by atoms with E-state index in [2.05, 4.69) is 22.5 Å². The van der Waals surface area contributed by atoms with Gasteiger partial charge in [-0.25, -0.2) is 0 Å². The van der Waals surface area contributed by atoms with Crippen LogP contribution >= 0.6 is 0 Å². The van der Waals surface area contributed by atoms with Crippen molar-refractivity contribution >= 4 is 23.2 Å². The van der Waals surface area contributed by atoms with Crippen LogP contribution in [-0.2, 0) is 4.79 Å². The van der Waals surface area contributed by atoms with Crippen molar-refractivity contribution in [3.8, 4) is 0 Å². The van der Waals surface area contributed by atoms with Crippen molar-refractivity contribution in [1.82, 2.24) is 5.32 Å². The van der Waals surface area contributed by atoms with Crippen LogP contribution in [0.5, 0.6) is 0 Å². The van der Waals surface area contributed by atoms with Gasteiger partial charge < -0.3 is 15.5 Å². The average molecular weight is 357 g/mol. The number of hydrogen-bond acceptors (Lipinski definition) is 3. The Bertz CT molecular complexity index is 659. The molecule has 0 aromatic heterocycles. The van der Waals surface area contributed by atoms with Crippen molar-refractivity contribution < 1.29 is 9.59 Å². The van der Waals surface area contributed by atoms with Crippen LogP contribution < -0.4 is 15.5 Å². The van der Waals surface area contributed by atoms with Gasteiger partial charge in [0.2, 0.25) is 5.91 Å². The summed E-state index contributed by atoms with van der Waals surface area (Å²) in [5, 5.41) is 5.99. The Morgan fingerprint density at radius 1 is 1.12 bits per heavy atom. The van der Waals surface area contributed by atoms with Crippen LogP contribution in [0, 0.1) is 11.8 Å². The summed E-state index contributed by atoms with van der Waals surface area (Å²) in [5.41, 5.74) is 2.33. The van der Waals surface area contributed by atoms with Gasteiger partial charge in [-0.05, 0) is 63.6 Å². The predicted octanol–water partition coefficient (Wildman–Crippen LogP) is 3.80. The van der Waals surface area contributed by atoms with E-state index in [4.69, 9.17) is 0 Å². The molecule has 0 spiro atoms. The minimum absolute atomic E-state index is 0.0740. The zero-order valence-electron chi connectivity index (χ0n) is 16.2. The molecule has 2 fully saturated rings. The molecule has 1 aliphatic heterocycles. The van der Waals surface area contributed by atoms with Gasteiger partial charge in [0.1, 0.15) is 0 Å². The van der Waals surface area contributed by atoms with Crippen LogP contribution in [0.25, 0.3) is 0 Å². The van der Waals surface area contributed by atoms with Gasteiger partial charge in [0, 0.05) is 36.4 Å². The van der Waals surface area contributed by atoms with E-state index >= 15 is 0 Å². The first-order chi connectivity index (χ1) is 12.4. The van der Waals surface area contributed by atoms with Crippen molar-refractivity contribution in [3.63, 3.8) is 0 Å². The van der Waals surface area contributed by atoms with Gasteiger partial charge in [0.05, 0.1) is 5.56 Å². The van der Waals surface area contributed by atoms with E-state index in [1.807, 2.05) is 32.0 Å². The molecule has 1 aliphatic carbocycles. The van der Waals surface area contributed by atoms with E-state index in [0.717, 1.165) is 56.8 Å². The zero-order chi connectivity index (χ0) is 18.7. The molecule has 0 bridgehead atoms. The van der Waals surface area contributed by atoms with Crippen LogP contribution in [0.1, 0.15) is 63.2 Å². The third kappa shape index (κ3) is 4.37. The summed E-state index contributed by atoms with van der Waals surface area (Å²) in [7, 11) is 0. The molecular weight excluding hydrogens is 326 g/mol. The largest absolute Gasteiger partial charge is 0.371 e. The Morgan fingerprint density at radius 2 is 1.81 bits per heavy atom. The van der Waals surface area contributed by atoms with Gasteiger partial charge in [-0.15, -0.1) is 0 Å². The van der Waals surface area contributed by atoms with Crippen LogP contribution in [0.4, 0.5) is 11.4 Å². The highest BCUT2D eigenvalue weighted by Crippen LogP contribution is 2.31. The van der Waals surface area contributed by atoms with Crippen LogP contribution in [0.15, 0.2) is 18.2 Å². The highest BCUT2D eigenvalue weighted by atomic mass is 16.2. The van der Waals surface area contributed by atoms with Gasteiger partial charge in [-0.1, -0.05) is 13.3 Å². The number of anilines is 2. The lowest BCUT2D eigenvalue weighted by atomic mass is 9.85. The molecule has 0 atom stereocenters. The number of benzene rings is 1. The molecule has 1 aromatic rings. The summed E-state index contributed by atoms with van der Waals surface area (Å²) in [4.78, 5) is 27.3. The summed E-state index contributed by atoms with van der Waals surface area (Å²) in [6.07, 6.45) is 5.36. The smallest absolute Gasteiger partial charge is 0.253 e. The topological polar surface area (TPSA) is 61.4 Å². The first-order valence-corrected chi connectivity index (χ1v) is 9.94. The van der Waals surface area contributed by atoms with Crippen molar-refractivity contribution in [1.29, 1.82) is 0 Å². The molecule has 26 heavy (non-hydrogen) atoms. The summed E-state index contributed by atoms with van der Waals surface area (Å²) in [6, 6.07) is 5.82. The Hall–Kier alpha value is -2.04. The van der Waals surface area contributed by atoms with Crippen molar-refractivity contribution in [2.24, 2.45) is 11.8 Å². The van der Waals surface area contributed by atoms with Gasteiger partial charge in [0.25, 0.3) is 5.91 Å². The van der Waals surface area contributed by atoms with Crippen molar-refractivity contribution in [2.75, 3.05) is 23.3 Å². The summed E-state index contributed by atoms with van der Waals surface area (Å²) >= 11 is 0. The first kappa shape index (κ1) is 18.7. The normalized spacial score (nSPS) is 18.5. The van der Waals surface area contributed by atoms with E-state index in [1.54, 1.807) is 0 Å². The highest BCUT2D eigenvalue weighted by molar-refractivity contribution is 6.02. The monoisotopic (exact) mass is 357 g/mol. The maximum absolute atomic E-state index is 12.8. The fourth-order valence-electron chi connectivity index (χ4n) is 3.58. The minimum Gasteiger partial charge on any atom is -0.371 e. The molecule has 1 saturated carbocycles. The molecule has 2 amide bonds. The summed E-state index contributed by atoms with van der Waals surface area (Å²) in [6.45, 7) is 8.14. The van der Waals surface area contributed by atoms with Gasteiger partial charge in [0.15, 0.2) is 0 Å². The van der Waals surface area contributed by atoms with Gasteiger partial charge in [-0.3, -0.25) is 9.59 Å². The number of nitrogens with zero attached hydrogens (tertiary/aromatic N) is 1. The van der Waals surface area contributed by atoms with Gasteiger partial charge >= 0.3 is 0 Å². The molecule has 2 aliphatic rings. The maximum Gasteiger partial charge on any atom is 0.253 e. The Labute approximate surface area is 156 Å². The lowest BCUT2D eigenvalue weighted by molar-refractivity contribution is -0.122.